The van der Waals surface area contributed by atoms with Crippen molar-refractivity contribution in [3.63, 3.8) is 0 Å². The Balaban J connectivity index is 2.01. The number of hydrazine groups is 1. The maximum atomic E-state index is 6.06. The fraction of sp³-hybridized carbons (Fsp3) is 0.333. The molecule has 0 radical (unpaired) electrons. The number of nitrogens with two attached hydrogens (primary N) is 1. The van der Waals surface area contributed by atoms with Gasteiger partial charge >= 0.3 is 0 Å². The number of aliphatic imine (C=N–C) groups is 1. The van der Waals surface area contributed by atoms with E-state index in [1.54, 1.807) is 11.2 Å². The molecule has 0 bridgehead atoms. The Morgan fingerprint density at radius 3 is 2.46 bits per heavy atom. The Kier molecular flexibility index (Phi) is 4.09. The fourth-order valence-electron chi connectivity index (χ4n) is 4.29. The molecule has 1 aliphatic heterocycles. The van der Waals surface area contributed by atoms with Crippen molar-refractivity contribution in [3.8, 4) is 0 Å². The van der Waals surface area contributed by atoms with Crippen LogP contribution in [0.15, 0.2) is 53.7 Å². The highest BCUT2D eigenvalue weighted by Crippen LogP contribution is 2.45. The number of hydrogen-bond acceptors (Lipinski definition) is 4. The van der Waals surface area contributed by atoms with Gasteiger partial charge in [-0.1, -0.05) is 38.1 Å². The van der Waals surface area contributed by atoms with E-state index in [9.17, 15) is 0 Å². The molecule has 1 aliphatic rings. The van der Waals surface area contributed by atoms with Crippen molar-refractivity contribution in [1.82, 2.24) is 4.98 Å². The van der Waals surface area contributed by atoms with Crippen LogP contribution in [0.4, 0.5) is 5.69 Å². The van der Waals surface area contributed by atoms with Crippen molar-refractivity contribution in [2.75, 3.05) is 12.1 Å². The molecule has 2 aromatic carbocycles. The highest BCUT2D eigenvalue weighted by Gasteiger charge is 2.44. The van der Waals surface area contributed by atoms with Crippen LogP contribution in [0.1, 0.15) is 49.9 Å². The van der Waals surface area contributed by atoms with Crippen LogP contribution >= 0.6 is 0 Å². The molecule has 0 fully saturated rings. The molecule has 0 saturated heterocycles. The Labute approximate surface area is 167 Å². The zero-order chi connectivity index (χ0) is 20.3. The van der Waals surface area contributed by atoms with Crippen LogP contribution in [0.3, 0.4) is 0 Å². The molecule has 2 N–H and O–H groups in total. The first kappa shape index (κ1) is 18.6. The molecule has 144 valence electrons. The summed E-state index contributed by atoms with van der Waals surface area (Å²) < 4.78 is 0. The molecule has 2 heterocycles. The van der Waals surface area contributed by atoms with Gasteiger partial charge in [0.1, 0.15) is 0 Å². The molecule has 3 aromatic rings. The third-order valence-electron chi connectivity index (χ3n) is 6.45. The molecular weight excluding hydrogens is 344 g/mol. The minimum absolute atomic E-state index is 0.0573. The first-order chi connectivity index (χ1) is 13.1. The molecule has 0 amide bonds. The predicted molar refractivity (Wildman–Crippen MR) is 118 cm³/mol. The lowest BCUT2D eigenvalue weighted by Gasteiger charge is -2.45. The van der Waals surface area contributed by atoms with Crippen LogP contribution < -0.4 is 10.9 Å². The van der Waals surface area contributed by atoms with E-state index in [2.05, 4.69) is 76.0 Å². The van der Waals surface area contributed by atoms with Crippen molar-refractivity contribution < 1.29 is 0 Å². The molecule has 0 unspecified atom stereocenters. The molecule has 0 spiro atoms. The van der Waals surface area contributed by atoms with Gasteiger partial charge in [0, 0.05) is 35.2 Å². The number of aryl methyl sites for hydroxylation is 1. The van der Waals surface area contributed by atoms with E-state index >= 15 is 0 Å². The topological polar surface area (TPSA) is 54.5 Å². The monoisotopic (exact) mass is 372 g/mol. The van der Waals surface area contributed by atoms with Gasteiger partial charge in [-0.2, -0.15) is 0 Å². The first-order valence-electron chi connectivity index (χ1n) is 9.71. The summed E-state index contributed by atoms with van der Waals surface area (Å²) in [7, 11) is 1.85. The van der Waals surface area contributed by atoms with Gasteiger partial charge in [-0.05, 0) is 50.1 Å². The van der Waals surface area contributed by atoms with E-state index in [0.29, 0.717) is 0 Å². The summed E-state index contributed by atoms with van der Waals surface area (Å²) in [6.07, 6.45) is 1.79. The number of rotatable bonds is 2. The number of nitrogens with zero attached hydrogens (tertiary/aromatic N) is 3. The van der Waals surface area contributed by atoms with Crippen LogP contribution in [0.25, 0.3) is 10.9 Å². The molecular formula is C24H28N4. The lowest BCUT2D eigenvalue weighted by atomic mass is 9.64. The lowest BCUT2D eigenvalue weighted by Crippen LogP contribution is -2.46. The summed E-state index contributed by atoms with van der Waals surface area (Å²) >= 11 is 0. The second-order valence-corrected chi connectivity index (χ2v) is 8.81. The smallest absolute Gasteiger partial charge is 0.0729 e. The quantitative estimate of drug-likeness (QED) is 0.521. The Hall–Kier alpha value is -2.72. The number of fused-ring (bicyclic) bond motifs is 2. The minimum Gasteiger partial charge on any atom is -0.313 e. The average molecular weight is 373 g/mol. The van der Waals surface area contributed by atoms with E-state index in [-0.39, 0.29) is 11.0 Å². The molecule has 4 heteroatoms. The largest absolute Gasteiger partial charge is 0.313 e. The summed E-state index contributed by atoms with van der Waals surface area (Å²) in [5.74, 6) is 6.06. The van der Waals surface area contributed by atoms with Gasteiger partial charge in [-0.3, -0.25) is 9.98 Å². The van der Waals surface area contributed by atoms with Gasteiger partial charge in [0.25, 0.3) is 0 Å². The first-order valence-corrected chi connectivity index (χ1v) is 9.71. The van der Waals surface area contributed by atoms with Crippen molar-refractivity contribution in [1.29, 1.82) is 0 Å². The van der Waals surface area contributed by atoms with Crippen molar-refractivity contribution in [2.24, 2.45) is 10.8 Å². The zero-order valence-corrected chi connectivity index (χ0v) is 17.5. The van der Waals surface area contributed by atoms with Gasteiger partial charge < -0.3 is 5.01 Å². The maximum Gasteiger partial charge on any atom is 0.0729 e. The summed E-state index contributed by atoms with van der Waals surface area (Å²) in [5.41, 5.74) is 7.65. The average Bonchev–Trinajstić information content (AvgIpc) is 2.63. The second kappa shape index (κ2) is 6.14. The Bertz CT molecular complexity index is 1110. The van der Waals surface area contributed by atoms with Gasteiger partial charge in [0.2, 0.25) is 0 Å². The highest BCUT2D eigenvalue weighted by molar-refractivity contribution is 6.16. The molecule has 0 saturated carbocycles. The molecule has 0 atom stereocenters. The van der Waals surface area contributed by atoms with Crippen molar-refractivity contribution >= 4 is 22.3 Å². The van der Waals surface area contributed by atoms with Gasteiger partial charge in [-0.25, -0.2) is 5.84 Å². The maximum absolute atomic E-state index is 6.06. The van der Waals surface area contributed by atoms with Gasteiger partial charge in [0.05, 0.1) is 22.5 Å². The summed E-state index contributed by atoms with van der Waals surface area (Å²) in [4.78, 5) is 9.75. The number of benzene rings is 2. The third kappa shape index (κ3) is 2.63. The minimum atomic E-state index is -0.223. The lowest BCUT2D eigenvalue weighted by molar-refractivity contribution is 0.302. The number of hydrogen-bond donors (Lipinski definition) is 1. The Morgan fingerprint density at radius 1 is 1.00 bits per heavy atom. The van der Waals surface area contributed by atoms with E-state index in [1.165, 1.54) is 16.7 Å². The molecule has 4 nitrogen and oxygen atoms in total. The van der Waals surface area contributed by atoms with Crippen LogP contribution in [-0.2, 0) is 5.41 Å². The van der Waals surface area contributed by atoms with Crippen molar-refractivity contribution in [2.45, 2.75) is 45.6 Å². The summed E-state index contributed by atoms with van der Waals surface area (Å²) in [6.45, 7) is 11.2. The number of aromatic nitrogens is 1. The predicted octanol–water partition coefficient (Wildman–Crippen LogP) is 4.76. The number of anilines is 1. The summed E-state index contributed by atoms with van der Waals surface area (Å²) in [5, 5.41) is 2.67. The molecule has 4 rings (SSSR count). The summed E-state index contributed by atoms with van der Waals surface area (Å²) in [6, 6.07) is 14.8. The normalized spacial score (nSPS) is 17.2. The standard InChI is InChI=1S/C24H28N4/c1-15-8-7-9-17-21(15)23(2,3)24(4,5)27-22(17)16-10-11-19-18(14-16)20(28(6)25)12-13-26-19/h7-14H,25H2,1-6H3. The van der Waals surface area contributed by atoms with E-state index in [4.69, 9.17) is 10.8 Å². The zero-order valence-electron chi connectivity index (χ0n) is 17.5. The van der Waals surface area contributed by atoms with Crippen molar-refractivity contribution in [3.05, 3.63) is 70.9 Å². The fourth-order valence-corrected chi connectivity index (χ4v) is 4.29. The van der Waals surface area contributed by atoms with Crippen LogP contribution in [0.2, 0.25) is 0 Å². The van der Waals surface area contributed by atoms with Crippen LogP contribution in [-0.4, -0.2) is 23.3 Å². The van der Waals surface area contributed by atoms with Crippen LogP contribution in [0, 0.1) is 6.92 Å². The highest BCUT2D eigenvalue weighted by atomic mass is 15.4. The van der Waals surface area contributed by atoms with Crippen LogP contribution in [0.5, 0.6) is 0 Å². The molecule has 0 aliphatic carbocycles. The molecule has 1 aromatic heterocycles. The third-order valence-corrected chi connectivity index (χ3v) is 6.45. The van der Waals surface area contributed by atoms with Gasteiger partial charge in [0.15, 0.2) is 0 Å². The Morgan fingerprint density at radius 2 is 1.75 bits per heavy atom. The van der Waals surface area contributed by atoms with E-state index < -0.39 is 0 Å². The van der Waals surface area contributed by atoms with E-state index in [0.717, 1.165) is 27.9 Å². The SMILES string of the molecule is Cc1cccc2c1C(C)(C)C(C)(C)N=C2c1ccc2nccc(N(C)N)c2c1. The molecule has 28 heavy (non-hydrogen) atoms. The van der Waals surface area contributed by atoms with Gasteiger partial charge in [-0.15, -0.1) is 0 Å². The number of pyridine rings is 1. The van der Waals surface area contributed by atoms with E-state index in [1.807, 2.05) is 13.1 Å². The second-order valence-electron chi connectivity index (χ2n) is 8.81.